The molecule has 117 heavy (non-hydrogen) atoms. The minimum Gasteiger partial charge on any atom is -0.355 e. The Hall–Kier alpha value is -14.0. The number of hydrogen-bond donors (Lipinski definition) is 1. The van der Waals surface area contributed by atoms with Crippen LogP contribution in [0.25, 0.3) is 222 Å². The van der Waals surface area contributed by atoms with Gasteiger partial charge in [-0.1, -0.05) is 380 Å². The summed E-state index contributed by atoms with van der Waals surface area (Å²) in [6.07, 6.45) is 0. The zero-order valence-electron chi connectivity index (χ0n) is 63.6. The Balaban J connectivity index is 0.000000118. The molecule has 1 N–H and O–H groups in total. The number of rotatable bonds is 9. The molecule has 24 rings (SSSR count). The molecule has 0 radical (unpaired) electrons. The molecule has 0 saturated heterocycles. The molecule has 0 bridgehead atoms. The lowest BCUT2D eigenvalue weighted by atomic mass is 9.86. The van der Waals surface area contributed by atoms with Gasteiger partial charge in [0.05, 0.1) is 11.0 Å². The van der Waals surface area contributed by atoms with Crippen LogP contribution in [0.4, 0.5) is 0 Å². The SMILES string of the molecule is Brc1ccc(-c2c3ccccc3c(-c3ccccc3)c3ccccc23)cc1.c1ccc(-c2c3ccccc3c(-c3ccc(-n4c5ccccc5c5cc(-c6cccc7c6sc6c(-c8ccccc8)cccc67)ccc54)cc3)c3ccccc23)cc1.c1ccc(-c2cccc3c2sc2c(-c4ccc5[nH]c6ccccc6c5c4)cccc23)cc1. The minimum atomic E-state index is 1.10. The molecule has 0 saturated carbocycles. The topological polar surface area (TPSA) is 20.7 Å². The molecule has 0 aliphatic rings. The highest BCUT2D eigenvalue weighted by molar-refractivity contribution is 9.10. The summed E-state index contributed by atoms with van der Waals surface area (Å²) in [4.78, 5) is 3.54. The Morgan fingerprint density at radius 1 is 0.188 bits per heavy atom. The van der Waals surface area contributed by atoms with Gasteiger partial charge in [-0.25, -0.2) is 0 Å². The molecule has 548 valence electrons. The molecule has 4 heterocycles. The van der Waals surface area contributed by atoms with Gasteiger partial charge in [0.25, 0.3) is 0 Å². The van der Waals surface area contributed by atoms with Crippen LogP contribution in [-0.4, -0.2) is 9.55 Å². The Kier molecular flexibility index (Phi) is 17.5. The molecule has 0 aliphatic carbocycles. The molecule has 0 spiro atoms. The van der Waals surface area contributed by atoms with Crippen LogP contribution in [0.15, 0.2) is 429 Å². The number of benzene rings is 20. The van der Waals surface area contributed by atoms with E-state index < -0.39 is 0 Å². The monoisotopic (exact) mass is 1590 g/mol. The van der Waals surface area contributed by atoms with Crippen LogP contribution >= 0.6 is 38.6 Å². The van der Waals surface area contributed by atoms with Gasteiger partial charge in [-0.15, -0.1) is 22.7 Å². The number of aromatic nitrogens is 2. The van der Waals surface area contributed by atoms with Crippen molar-refractivity contribution >= 4 is 166 Å². The number of halogens is 1. The third-order valence-corrected chi connectivity index (χ3v) is 26.7. The summed E-state index contributed by atoms with van der Waals surface area (Å²) >= 11 is 7.38. The fraction of sp³-hybridized carbons (Fsp3) is 0. The van der Waals surface area contributed by atoms with E-state index in [1.54, 1.807) is 0 Å². The van der Waals surface area contributed by atoms with Crippen molar-refractivity contribution in [3.63, 3.8) is 0 Å². The van der Waals surface area contributed by atoms with Crippen LogP contribution < -0.4 is 0 Å². The van der Waals surface area contributed by atoms with Crippen molar-refractivity contribution in [2.24, 2.45) is 0 Å². The number of aromatic amines is 1. The Labute approximate surface area is 693 Å². The van der Waals surface area contributed by atoms with E-state index in [1.165, 1.54) is 216 Å². The predicted molar refractivity (Wildman–Crippen MR) is 510 cm³/mol. The number of nitrogens with zero attached hydrogens (tertiary/aromatic N) is 1. The van der Waals surface area contributed by atoms with Gasteiger partial charge in [0.1, 0.15) is 0 Å². The standard InChI is InChI=1S/C56H35NS.C30H19NS.C26H17Br/c1-3-15-36(16-4-1)41-24-13-26-48-49-27-14-25-42(56(49)58-55(41)48)39-31-34-52-50(35-39)43-19-11-12-28-51(43)57(52)40-32-29-38(30-33-40)54-46-22-9-7-20-44(46)53(37-17-5-2-6-18-37)45-21-8-10-23-47(45)54;1-2-8-19(9-3-1)21-11-6-13-24-25-14-7-12-22(30(25)32-29(21)24)20-16-17-28-26(18-20)23-10-4-5-15-27(23)31-28;27-20-16-14-19(15-17-20)26-23-12-6-4-10-21(23)25(18-8-2-1-3-9-18)22-11-5-7-13-24(22)26/h1-35H;1-18,31H;1-17H. The van der Waals surface area contributed by atoms with E-state index in [4.69, 9.17) is 0 Å². The van der Waals surface area contributed by atoms with Crippen molar-refractivity contribution in [3.8, 4) is 94.7 Å². The zero-order valence-corrected chi connectivity index (χ0v) is 66.8. The number of hydrogen-bond acceptors (Lipinski definition) is 2. The van der Waals surface area contributed by atoms with Gasteiger partial charge in [-0.3, -0.25) is 0 Å². The predicted octanol–water partition coefficient (Wildman–Crippen LogP) is 33.2. The highest BCUT2D eigenvalue weighted by atomic mass is 79.9. The van der Waals surface area contributed by atoms with Crippen LogP contribution in [0.2, 0.25) is 0 Å². The van der Waals surface area contributed by atoms with Gasteiger partial charge >= 0.3 is 0 Å². The Morgan fingerprint density at radius 3 is 0.880 bits per heavy atom. The van der Waals surface area contributed by atoms with E-state index >= 15 is 0 Å². The third-order valence-electron chi connectivity index (χ3n) is 23.6. The summed E-state index contributed by atoms with van der Waals surface area (Å²) < 4.78 is 8.90. The largest absolute Gasteiger partial charge is 0.355 e. The zero-order chi connectivity index (χ0) is 77.4. The molecule has 4 aromatic heterocycles. The molecular weight excluding hydrogens is 1520 g/mol. The first-order chi connectivity index (χ1) is 58.0. The van der Waals surface area contributed by atoms with Crippen LogP contribution in [0.1, 0.15) is 0 Å². The van der Waals surface area contributed by atoms with Crippen molar-refractivity contribution in [2.75, 3.05) is 0 Å². The summed E-state index contributed by atoms with van der Waals surface area (Å²) in [7, 11) is 0. The molecule has 0 amide bonds. The molecule has 0 atom stereocenters. The van der Waals surface area contributed by atoms with E-state index in [1.807, 2.05) is 22.7 Å². The van der Waals surface area contributed by atoms with E-state index in [0.717, 1.165) is 10.2 Å². The number of nitrogens with one attached hydrogen (secondary N) is 1. The lowest BCUT2D eigenvalue weighted by Crippen LogP contribution is -1.94. The maximum atomic E-state index is 3.56. The van der Waals surface area contributed by atoms with Crippen molar-refractivity contribution in [3.05, 3.63) is 429 Å². The second-order valence-corrected chi connectivity index (χ2v) is 33.1. The Morgan fingerprint density at radius 2 is 0.470 bits per heavy atom. The number of H-pyrrole nitrogens is 1. The first-order valence-corrected chi connectivity index (χ1v) is 42.3. The molecule has 0 fully saturated rings. The van der Waals surface area contributed by atoms with Gasteiger partial charge < -0.3 is 9.55 Å². The van der Waals surface area contributed by atoms with Gasteiger partial charge in [0.15, 0.2) is 0 Å². The van der Waals surface area contributed by atoms with Crippen LogP contribution in [-0.2, 0) is 0 Å². The average molecular weight is 1590 g/mol. The van der Waals surface area contributed by atoms with E-state index in [-0.39, 0.29) is 0 Å². The van der Waals surface area contributed by atoms with Gasteiger partial charge in [-0.05, 0) is 193 Å². The normalized spacial score (nSPS) is 11.6. The first kappa shape index (κ1) is 69.7. The summed E-state index contributed by atoms with van der Waals surface area (Å²) in [6, 6.07) is 154. The molecule has 20 aromatic carbocycles. The Bertz CT molecular complexity index is 7860. The van der Waals surface area contributed by atoms with Crippen molar-refractivity contribution in [1.29, 1.82) is 0 Å². The highest BCUT2D eigenvalue weighted by Gasteiger charge is 2.23. The number of thiophene rings is 2. The second-order valence-electron chi connectivity index (χ2n) is 30.1. The molecular formula is C112H71BrN2S2. The smallest absolute Gasteiger partial charge is 0.0541 e. The average Bonchev–Trinajstić information content (AvgIpc) is 1.15. The quantitative estimate of drug-likeness (QED) is 0.139. The van der Waals surface area contributed by atoms with E-state index in [0.29, 0.717) is 0 Å². The third kappa shape index (κ3) is 12.1. The van der Waals surface area contributed by atoms with E-state index in [2.05, 4.69) is 450 Å². The summed E-state index contributed by atoms with van der Waals surface area (Å²) in [5.41, 5.74) is 26.3. The van der Waals surface area contributed by atoms with Crippen molar-refractivity contribution < 1.29 is 0 Å². The maximum absolute atomic E-state index is 3.56. The van der Waals surface area contributed by atoms with Crippen molar-refractivity contribution in [2.45, 2.75) is 0 Å². The summed E-state index contributed by atoms with van der Waals surface area (Å²) in [5, 5.41) is 20.6. The van der Waals surface area contributed by atoms with Crippen LogP contribution in [0.5, 0.6) is 0 Å². The lowest BCUT2D eigenvalue weighted by molar-refractivity contribution is 1.18. The second kappa shape index (κ2) is 29.4. The van der Waals surface area contributed by atoms with Crippen LogP contribution in [0, 0.1) is 0 Å². The highest BCUT2D eigenvalue weighted by Crippen LogP contribution is 2.50. The molecule has 0 aliphatic heterocycles. The van der Waals surface area contributed by atoms with E-state index in [9.17, 15) is 0 Å². The fourth-order valence-electron chi connectivity index (χ4n) is 18.3. The first-order valence-electron chi connectivity index (χ1n) is 39.9. The van der Waals surface area contributed by atoms with Gasteiger partial charge in [0, 0.05) is 83.1 Å². The molecule has 5 heteroatoms. The molecule has 24 aromatic rings. The lowest BCUT2D eigenvalue weighted by Gasteiger charge is -2.18. The van der Waals surface area contributed by atoms with Gasteiger partial charge in [0.2, 0.25) is 0 Å². The minimum absolute atomic E-state index is 1.10. The number of fused-ring (bicyclic) bond motifs is 16. The van der Waals surface area contributed by atoms with Crippen molar-refractivity contribution in [1.82, 2.24) is 9.55 Å². The van der Waals surface area contributed by atoms with Gasteiger partial charge in [-0.2, -0.15) is 0 Å². The summed E-state index contributed by atoms with van der Waals surface area (Å²) in [6.45, 7) is 0. The van der Waals surface area contributed by atoms with Crippen LogP contribution in [0.3, 0.4) is 0 Å². The summed E-state index contributed by atoms with van der Waals surface area (Å²) in [5.74, 6) is 0. The maximum Gasteiger partial charge on any atom is 0.0541 e. The molecule has 0 unspecified atom stereocenters. The number of para-hydroxylation sites is 2. The molecule has 2 nitrogen and oxygen atoms in total. The fourth-order valence-corrected chi connectivity index (χ4v) is 21.3.